The molecule has 4 heterocycles. The van der Waals surface area contributed by atoms with E-state index >= 15 is 0 Å². The Morgan fingerprint density at radius 1 is 1.08 bits per heavy atom. The third kappa shape index (κ3) is 4.65. The summed E-state index contributed by atoms with van der Waals surface area (Å²) in [5.74, 6) is 0.930. The van der Waals surface area contributed by atoms with Gasteiger partial charge in [0, 0.05) is 42.2 Å². The predicted molar refractivity (Wildman–Crippen MR) is 135 cm³/mol. The van der Waals surface area contributed by atoms with Crippen LogP contribution in [0.25, 0.3) is 17.1 Å². The molecule has 0 aromatic carbocycles. The maximum Gasteiger partial charge on any atom is 0.341 e. The van der Waals surface area contributed by atoms with Gasteiger partial charge in [0.25, 0.3) is 0 Å². The molecule has 0 amide bonds. The van der Waals surface area contributed by atoms with Gasteiger partial charge in [-0.15, -0.1) is 0 Å². The molecule has 4 aromatic heterocycles. The first-order valence-corrected chi connectivity index (χ1v) is 12.4. The number of hydrogen-bond acceptors (Lipinski definition) is 7. The van der Waals surface area contributed by atoms with Gasteiger partial charge in [-0.25, -0.2) is 19.4 Å². The fourth-order valence-corrected chi connectivity index (χ4v) is 4.52. The van der Waals surface area contributed by atoms with E-state index < -0.39 is 0 Å². The van der Waals surface area contributed by atoms with Crippen molar-refractivity contribution in [3.05, 3.63) is 70.3 Å². The normalized spacial score (nSPS) is 13.2. The molecule has 1 fully saturated rings. The Kier molecular flexibility index (Phi) is 6.38. The number of hydrogen-bond donors (Lipinski definition) is 0. The van der Waals surface area contributed by atoms with Crippen molar-refractivity contribution < 1.29 is 9.53 Å². The van der Waals surface area contributed by atoms with Crippen LogP contribution in [0.3, 0.4) is 0 Å². The van der Waals surface area contributed by atoms with Gasteiger partial charge in [-0.3, -0.25) is 9.67 Å². The SMILES string of the molecule is CCOC(=O)c1c(C)nn(-c2cc(Cc3c(C)c(-c4ccc(C)nc4)nn3CC3CC3)ncn2)c1C. The monoisotopic (exact) mass is 485 g/mol. The molecule has 0 bridgehead atoms. The van der Waals surface area contributed by atoms with E-state index in [1.165, 1.54) is 12.8 Å². The average molecular weight is 486 g/mol. The number of rotatable bonds is 8. The smallest absolute Gasteiger partial charge is 0.341 e. The molecule has 186 valence electrons. The Bertz CT molecular complexity index is 1410. The molecular formula is C27H31N7O2. The molecule has 9 nitrogen and oxygen atoms in total. The lowest BCUT2D eigenvalue weighted by Crippen LogP contribution is -2.10. The summed E-state index contributed by atoms with van der Waals surface area (Å²) in [6.45, 7) is 10.8. The zero-order valence-corrected chi connectivity index (χ0v) is 21.4. The van der Waals surface area contributed by atoms with Crippen LogP contribution in [0.1, 0.15) is 64.2 Å². The lowest BCUT2D eigenvalue weighted by atomic mass is 10.1. The molecule has 0 aliphatic heterocycles. The van der Waals surface area contributed by atoms with E-state index in [2.05, 4.69) is 37.7 Å². The zero-order chi connectivity index (χ0) is 25.4. The standard InChI is InChI=1S/C27H31N7O2/c1-6-36-27(35)25-18(4)31-34(19(25)5)24-12-22(29-15-30-24)11-23-17(3)26(21-10-7-16(2)28-13-21)32-33(23)14-20-8-9-20/h7,10,12-13,15,20H,6,8-9,11,14H2,1-5H3. The van der Waals surface area contributed by atoms with Crippen LogP contribution in [-0.4, -0.2) is 47.1 Å². The summed E-state index contributed by atoms with van der Waals surface area (Å²) in [6, 6.07) is 6.02. The van der Waals surface area contributed by atoms with Gasteiger partial charge in [0.1, 0.15) is 11.9 Å². The second-order valence-corrected chi connectivity index (χ2v) is 9.46. The molecule has 0 unspecified atom stereocenters. The highest BCUT2D eigenvalue weighted by molar-refractivity contribution is 5.92. The highest BCUT2D eigenvalue weighted by Crippen LogP contribution is 2.33. The van der Waals surface area contributed by atoms with E-state index in [4.69, 9.17) is 9.84 Å². The number of carbonyl (C=O) groups is 1. The van der Waals surface area contributed by atoms with Crippen molar-refractivity contribution in [3.8, 4) is 17.1 Å². The number of esters is 1. The summed E-state index contributed by atoms with van der Waals surface area (Å²) in [4.78, 5) is 25.9. The van der Waals surface area contributed by atoms with Crippen LogP contribution in [0.15, 0.2) is 30.7 Å². The quantitative estimate of drug-likeness (QED) is 0.342. The lowest BCUT2D eigenvalue weighted by molar-refractivity contribution is 0.0524. The van der Waals surface area contributed by atoms with Gasteiger partial charge in [-0.1, -0.05) is 0 Å². The lowest BCUT2D eigenvalue weighted by Gasteiger charge is -2.09. The topological polar surface area (TPSA) is 101 Å². The summed E-state index contributed by atoms with van der Waals surface area (Å²) in [6.07, 6.45) is 6.55. The average Bonchev–Trinajstić information content (AvgIpc) is 3.56. The summed E-state index contributed by atoms with van der Waals surface area (Å²) in [5, 5.41) is 9.56. The molecular weight excluding hydrogens is 454 g/mol. The molecule has 5 rings (SSSR count). The van der Waals surface area contributed by atoms with Gasteiger partial charge >= 0.3 is 5.97 Å². The van der Waals surface area contributed by atoms with Crippen molar-refractivity contribution >= 4 is 5.97 Å². The minimum Gasteiger partial charge on any atom is -0.462 e. The number of carbonyl (C=O) groups excluding carboxylic acids is 1. The van der Waals surface area contributed by atoms with Crippen molar-refractivity contribution in [3.63, 3.8) is 0 Å². The summed E-state index contributed by atoms with van der Waals surface area (Å²) >= 11 is 0. The number of ether oxygens (including phenoxy) is 1. The third-order valence-electron chi connectivity index (χ3n) is 6.68. The molecule has 0 spiro atoms. The third-order valence-corrected chi connectivity index (χ3v) is 6.68. The van der Waals surface area contributed by atoms with Crippen LogP contribution in [0.5, 0.6) is 0 Å². The summed E-state index contributed by atoms with van der Waals surface area (Å²) in [7, 11) is 0. The van der Waals surface area contributed by atoms with Crippen LogP contribution in [0.4, 0.5) is 0 Å². The Labute approximate surface area is 210 Å². The van der Waals surface area contributed by atoms with E-state index in [9.17, 15) is 4.79 Å². The zero-order valence-electron chi connectivity index (χ0n) is 21.4. The van der Waals surface area contributed by atoms with E-state index in [-0.39, 0.29) is 5.97 Å². The van der Waals surface area contributed by atoms with Gasteiger partial charge in [0.2, 0.25) is 0 Å². The first-order valence-electron chi connectivity index (χ1n) is 12.4. The predicted octanol–water partition coefficient (Wildman–Crippen LogP) is 4.33. The van der Waals surface area contributed by atoms with Crippen molar-refractivity contribution in [2.24, 2.45) is 5.92 Å². The Morgan fingerprint density at radius 3 is 2.58 bits per heavy atom. The minimum atomic E-state index is -0.370. The van der Waals surface area contributed by atoms with Crippen LogP contribution >= 0.6 is 0 Å². The molecule has 0 atom stereocenters. The molecule has 36 heavy (non-hydrogen) atoms. The maximum absolute atomic E-state index is 12.4. The molecule has 0 saturated heterocycles. The van der Waals surface area contributed by atoms with Crippen LogP contribution in [0, 0.1) is 33.6 Å². The fraction of sp³-hybridized carbons (Fsp3) is 0.407. The first kappa shape index (κ1) is 23.8. The molecule has 1 aliphatic rings. The maximum atomic E-state index is 12.4. The van der Waals surface area contributed by atoms with Crippen molar-refractivity contribution in [1.29, 1.82) is 0 Å². The van der Waals surface area contributed by atoms with Crippen molar-refractivity contribution in [1.82, 2.24) is 34.5 Å². The molecule has 4 aromatic rings. The molecule has 1 saturated carbocycles. The van der Waals surface area contributed by atoms with Crippen LogP contribution in [0.2, 0.25) is 0 Å². The van der Waals surface area contributed by atoms with Crippen molar-refractivity contribution in [2.75, 3.05) is 6.61 Å². The largest absolute Gasteiger partial charge is 0.462 e. The molecule has 0 N–H and O–H groups in total. The minimum absolute atomic E-state index is 0.315. The van der Waals surface area contributed by atoms with Crippen LogP contribution < -0.4 is 0 Å². The van der Waals surface area contributed by atoms with E-state index in [1.807, 2.05) is 32.2 Å². The molecule has 0 radical (unpaired) electrons. The first-order chi connectivity index (χ1) is 17.4. The van der Waals surface area contributed by atoms with Gasteiger partial charge in [-0.2, -0.15) is 10.2 Å². The van der Waals surface area contributed by atoms with E-state index in [0.717, 1.165) is 40.4 Å². The van der Waals surface area contributed by atoms with Gasteiger partial charge < -0.3 is 4.74 Å². The van der Waals surface area contributed by atoms with E-state index in [1.54, 1.807) is 24.9 Å². The Balaban J connectivity index is 1.49. The molecule has 9 heteroatoms. The number of aromatic nitrogens is 7. The number of pyridine rings is 1. The highest BCUT2D eigenvalue weighted by atomic mass is 16.5. The Morgan fingerprint density at radius 2 is 1.89 bits per heavy atom. The van der Waals surface area contributed by atoms with Crippen molar-refractivity contribution in [2.45, 2.75) is 60.4 Å². The Hall–Kier alpha value is -3.88. The molecule has 1 aliphatic carbocycles. The van der Waals surface area contributed by atoms with Gasteiger partial charge in [0.15, 0.2) is 5.82 Å². The second kappa shape index (κ2) is 9.64. The fourth-order valence-electron chi connectivity index (χ4n) is 4.52. The highest BCUT2D eigenvalue weighted by Gasteiger charge is 2.26. The van der Waals surface area contributed by atoms with Crippen LogP contribution in [-0.2, 0) is 17.7 Å². The summed E-state index contributed by atoms with van der Waals surface area (Å²) in [5.41, 5.74) is 7.89. The number of nitrogens with zero attached hydrogens (tertiary/aromatic N) is 7. The van der Waals surface area contributed by atoms with Gasteiger partial charge in [0.05, 0.1) is 29.4 Å². The second-order valence-electron chi connectivity index (χ2n) is 9.46. The number of aryl methyl sites for hydroxylation is 2. The van der Waals surface area contributed by atoms with Gasteiger partial charge in [-0.05, 0) is 71.1 Å². The van der Waals surface area contributed by atoms with E-state index in [0.29, 0.717) is 41.7 Å². The summed E-state index contributed by atoms with van der Waals surface area (Å²) < 4.78 is 9.04.